The Labute approximate surface area is 441 Å². The van der Waals surface area contributed by atoms with Gasteiger partial charge in [0.2, 0.25) is 0 Å². The van der Waals surface area contributed by atoms with E-state index in [-0.39, 0.29) is 58.2 Å². The van der Waals surface area contributed by atoms with Gasteiger partial charge in [-0.15, -0.1) is 0 Å². The second kappa shape index (κ2) is 16.8. The van der Waals surface area contributed by atoms with Crippen LogP contribution in [0.15, 0.2) is 200 Å². The van der Waals surface area contributed by atoms with Crippen LogP contribution in [-0.2, 0) is 21.7 Å². The first kappa shape index (κ1) is 41.0. The maximum atomic E-state index is 9.44. The van der Waals surface area contributed by atoms with Gasteiger partial charge in [0.25, 0.3) is 6.71 Å². The zero-order valence-corrected chi connectivity index (χ0v) is 44.1. The highest BCUT2D eigenvalue weighted by molar-refractivity contribution is 7.00. The lowest BCUT2D eigenvalue weighted by Crippen LogP contribution is -2.61. The Morgan fingerprint density at radius 2 is 1.00 bits per heavy atom. The van der Waals surface area contributed by atoms with E-state index in [0.717, 1.165) is 56.3 Å². The van der Waals surface area contributed by atoms with Crippen molar-refractivity contribution in [2.75, 3.05) is 14.7 Å². The molecule has 9 aromatic carbocycles. The molecule has 0 unspecified atom stereocenters. The highest BCUT2D eigenvalue weighted by atomic mass is 15.2. The molecular formula is C69H66BN3. The fourth-order valence-electron chi connectivity index (χ4n) is 11.7. The van der Waals surface area contributed by atoms with Crippen LogP contribution in [0.4, 0.5) is 51.2 Å². The van der Waals surface area contributed by atoms with E-state index >= 15 is 0 Å². The lowest BCUT2D eigenvalue weighted by molar-refractivity contribution is 0.590. The minimum Gasteiger partial charge on any atom is -0.311 e. The number of para-hydroxylation sites is 1. The fourth-order valence-corrected chi connectivity index (χ4v) is 11.7. The summed E-state index contributed by atoms with van der Waals surface area (Å²) >= 11 is 0. The summed E-state index contributed by atoms with van der Waals surface area (Å²) in [5, 5.41) is 0. The van der Waals surface area contributed by atoms with E-state index in [2.05, 4.69) is 244 Å². The smallest absolute Gasteiger partial charge is 0.252 e. The number of anilines is 9. The average Bonchev–Trinajstić information content (AvgIpc) is 3.26. The van der Waals surface area contributed by atoms with E-state index in [9.17, 15) is 2.74 Å². The van der Waals surface area contributed by atoms with Crippen molar-refractivity contribution in [1.82, 2.24) is 0 Å². The molecule has 9 aromatic rings. The summed E-state index contributed by atoms with van der Waals surface area (Å²) in [5.41, 5.74) is 21.6. The van der Waals surface area contributed by atoms with Crippen LogP contribution in [-0.4, -0.2) is 6.71 Å². The Kier molecular flexibility index (Phi) is 9.40. The summed E-state index contributed by atoms with van der Waals surface area (Å²) in [4.78, 5) is 6.80. The van der Waals surface area contributed by atoms with Gasteiger partial charge in [-0.1, -0.05) is 197 Å². The summed E-state index contributed by atoms with van der Waals surface area (Å²) in [5.74, 6) is 0. The first-order valence-corrected chi connectivity index (χ1v) is 25.9. The van der Waals surface area contributed by atoms with Gasteiger partial charge >= 0.3 is 0 Å². The van der Waals surface area contributed by atoms with Crippen LogP contribution in [0.3, 0.4) is 0 Å². The molecule has 2 aliphatic heterocycles. The number of benzene rings is 9. The molecule has 0 aromatic heterocycles. The van der Waals surface area contributed by atoms with Gasteiger partial charge in [-0.25, -0.2) is 0 Å². The molecule has 0 saturated carbocycles. The van der Waals surface area contributed by atoms with Gasteiger partial charge in [0, 0.05) is 56.6 Å². The molecule has 360 valence electrons. The molecule has 3 nitrogen and oxygen atoms in total. The molecule has 4 heteroatoms. The van der Waals surface area contributed by atoms with Crippen LogP contribution in [0.1, 0.15) is 111 Å². The zero-order valence-electron chi connectivity index (χ0n) is 49.1. The van der Waals surface area contributed by atoms with Gasteiger partial charge in [0.1, 0.15) is 0 Å². The molecule has 0 radical (unpaired) electrons. The molecule has 0 saturated heterocycles. The van der Waals surface area contributed by atoms with Crippen LogP contribution >= 0.6 is 0 Å². The number of hydrogen-bond acceptors (Lipinski definition) is 3. The fraction of sp³-hybridized carbons (Fsp3) is 0.217. The van der Waals surface area contributed by atoms with Crippen LogP contribution in [0.2, 0.25) is 0 Å². The van der Waals surface area contributed by atoms with E-state index in [1.165, 1.54) is 44.3 Å². The van der Waals surface area contributed by atoms with E-state index in [0.29, 0.717) is 11.4 Å². The highest BCUT2D eigenvalue weighted by Gasteiger charge is 2.45. The van der Waals surface area contributed by atoms with Gasteiger partial charge in [-0.05, 0) is 162 Å². The second-order valence-corrected chi connectivity index (χ2v) is 24.0. The Hall–Kier alpha value is -7.56. The minimum atomic E-state index is -0.428. The topological polar surface area (TPSA) is 9.72 Å². The molecule has 3 aliphatic rings. The molecule has 0 spiro atoms. The standard InChI is InChI=1S/C69H66BN3/c1-66(2,3)47-27-31-51(32-28-47)71(50-22-16-13-17-23-50)54-36-38-59-62(44-54)72(52-33-29-48(30-34-52)67(4,5)6)63-41-49(68(7,8)9)42-64-65(63)70(59)60-40-46(45-20-14-12-15-21-45)26-39-61(60)73(64)53-35-37-56-55-24-18-19-25-57(55)69(10,11)58(56)43-53/h12-44H,1-11H3/i13D,16D,17D,22D,23D. The third kappa shape index (κ3) is 7.72. The second-order valence-electron chi connectivity index (χ2n) is 24.0. The van der Waals surface area contributed by atoms with Crippen LogP contribution in [0, 0.1) is 0 Å². The summed E-state index contributed by atoms with van der Waals surface area (Å²) < 4.78 is 45.4. The van der Waals surface area contributed by atoms with Crippen LogP contribution < -0.4 is 31.1 Å². The molecule has 0 fully saturated rings. The van der Waals surface area contributed by atoms with Crippen molar-refractivity contribution in [1.29, 1.82) is 0 Å². The van der Waals surface area contributed by atoms with Gasteiger partial charge in [-0.2, -0.15) is 0 Å². The molecule has 0 atom stereocenters. The molecule has 0 bridgehead atoms. The molecular weight excluding hydrogens is 882 g/mol. The van der Waals surface area contributed by atoms with Crippen LogP contribution in [0.25, 0.3) is 22.3 Å². The SMILES string of the molecule is [2H]c1c([2H])c([2H])c(N(c2ccc(C(C)(C)C)cc2)c2ccc3c(c2)N(c2ccc(C(C)(C)C)cc2)c2cc(C(C)(C)C)cc4c2B3c2cc(-c3ccccc3)ccc2N4c2ccc3c(c2)C(C)(C)c2ccccc2-3)c([2H])c1[2H]. The maximum absolute atomic E-state index is 9.44. The average molecular weight is 953 g/mol. The maximum Gasteiger partial charge on any atom is 0.252 e. The van der Waals surface area contributed by atoms with E-state index in [1.54, 1.807) is 0 Å². The van der Waals surface area contributed by atoms with Crippen molar-refractivity contribution in [2.45, 2.75) is 97.8 Å². The van der Waals surface area contributed by atoms with Crippen molar-refractivity contribution in [3.8, 4) is 22.3 Å². The Morgan fingerprint density at radius 3 is 1.66 bits per heavy atom. The predicted octanol–water partition coefficient (Wildman–Crippen LogP) is 17.1. The number of fused-ring (bicyclic) bond motifs is 7. The molecule has 2 heterocycles. The number of rotatable bonds is 6. The summed E-state index contributed by atoms with van der Waals surface area (Å²) in [6.45, 7) is 24.6. The van der Waals surface area contributed by atoms with Gasteiger partial charge < -0.3 is 14.7 Å². The molecule has 0 N–H and O–H groups in total. The molecule has 0 amide bonds. The van der Waals surface area contributed by atoms with Crippen molar-refractivity contribution < 1.29 is 6.85 Å². The third-order valence-electron chi connectivity index (χ3n) is 15.8. The van der Waals surface area contributed by atoms with Crippen molar-refractivity contribution in [3.05, 3.63) is 228 Å². The van der Waals surface area contributed by atoms with Crippen molar-refractivity contribution >= 4 is 74.3 Å². The van der Waals surface area contributed by atoms with E-state index < -0.39 is 6.04 Å². The minimum absolute atomic E-state index is 0.0820. The summed E-state index contributed by atoms with van der Waals surface area (Å²) in [6.07, 6.45) is 0. The number of nitrogens with zero attached hydrogens (tertiary/aromatic N) is 3. The van der Waals surface area contributed by atoms with E-state index in [1.807, 2.05) is 17.0 Å². The first-order valence-electron chi connectivity index (χ1n) is 28.4. The third-order valence-corrected chi connectivity index (χ3v) is 15.8. The van der Waals surface area contributed by atoms with Crippen molar-refractivity contribution in [3.63, 3.8) is 0 Å². The lowest BCUT2D eigenvalue weighted by Gasteiger charge is -2.45. The number of hydrogen-bond donors (Lipinski definition) is 0. The monoisotopic (exact) mass is 953 g/mol. The van der Waals surface area contributed by atoms with E-state index in [4.69, 9.17) is 4.11 Å². The van der Waals surface area contributed by atoms with Crippen LogP contribution in [0.5, 0.6) is 0 Å². The summed E-state index contributed by atoms with van der Waals surface area (Å²) in [6, 6.07) is 60.3. The van der Waals surface area contributed by atoms with Crippen molar-refractivity contribution in [2.24, 2.45) is 0 Å². The van der Waals surface area contributed by atoms with Gasteiger partial charge in [0.05, 0.1) is 6.85 Å². The lowest BCUT2D eigenvalue weighted by atomic mass is 9.33. The molecule has 12 rings (SSSR count). The molecule has 73 heavy (non-hydrogen) atoms. The Bertz CT molecular complexity index is 3870. The predicted molar refractivity (Wildman–Crippen MR) is 314 cm³/mol. The zero-order chi connectivity index (χ0) is 55.1. The molecule has 1 aliphatic carbocycles. The highest BCUT2D eigenvalue weighted by Crippen LogP contribution is 2.53. The van der Waals surface area contributed by atoms with Gasteiger partial charge in [0.15, 0.2) is 0 Å². The Morgan fingerprint density at radius 1 is 0.425 bits per heavy atom. The largest absolute Gasteiger partial charge is 0.311 e. The normalized spacial score (nSPS) is 15.2. The summed E-state index contributed by atoms with van der Waals surface area (Å²) in [7, 11) is 0. The first-order chi connectivity index (χ1) is 36.9. The Balaban J connectivity index is 1.17. The van der Waals surface area contributed by atoms with Gasteiger partial charge in [-0.3, -0.25) is 0 Å². The quantitative estimate of drug-likeness (QED) is 0.154.